The predicted octanol–water partition coefficient (Wildman–Crippen LogP) is 1.95. The first-order valence-corrected chi connectivity index (χ1v) is 6.92. The summed E-state index contributed by atoms with van der Waals surface area (Å²) in [4.78, 5) is 22.4. The summed E-state index contributed by atoms with van der Waals surface area (Å²) < 4.78 is 15.8. The van der Waals surface area contributed by atoms with Crippen molar-refractivity contribution in [3.05, 3.63) is 63.4 Å². The quantitative estimate of drug-likeness (QED) is 0.683. The summed E-state index contributed by atoms with van der Waals surface area (Å²) in [6.07, 6.45) is 0. The Balaban J connectivity index is 1.84. The van der Waals surface area contributed by atoms with Gasteiger partial charge in [-0.05, 0) is 43.7 Å². The van der Waals surface area contributed by atoms with Gasteiger partial charge < -0.3 is 23.5 Å². The molecule has 0 aliphatic carbocycles. The van der Waals surface area contributed by atoms with E-state index in [0.717, 1.165) is 10.9 Å². The van der Waals surface area contributed by atoms with E-state index in [4.69, 9.17) is 13.6 Å². The lowest BCUT2D eigenvalue weighted by atomic mass is 10.1. The molecule has 0 spiro atoms. The number of benzene rings is 1. The maximum Gasteiger partial charge on any atom is 0.339 e. The van der Waals surface area contributed by atoms with Gasteiger partial charge in [-0.15, -0.1) is 0 Å². The lowest BCUT2D eigenvalue weighted by molar-refractivity contribution is -0.257. The van der Waals surface area contributed by atoms with Crippen LogP contribution in [0.3, 0.4) is 0 Å². The molecule has 0 fully saturated rings. The molecule has 0 radical (unpaired) electrons. The Morgan fingerprint density at radius 1 is 1.13 bits per heavy atom. The summed E-state index contributed by atoms with van der Waals surface area (Å²) in [6.45, 7) is 3.63. The molecule has 118 valence electrons. The number of aromatic carboxylic acids is 1. The maximum absolute atomic E-state index is 11.7. The Hall–Kier alpha value is -3.02. The highest BCUT2D eigenvalue weighted by atomic mass is 16.5. The predicted molar refractivity (Wildman–Crippen MR) is 79.3 cm³/mol. The summed E-state index contributed by atoms with van der Waals surface area (Å²) >= 11 is 0. The summed E-state index contributed by atoms with van der Waals surface area (Å²) in [7, 11) is 0. The number of hydrogen-bond acceptors (Lipinski definition) is 6. The lowest BCUT2D eigenvalue weighted by Gasteiger charge is -2.07. The number of rotatable bonds is 4. The van der Waals surface area contributed by atoms with Gasteiger partial charge in [-0.1, -0.05) is 0 Å². The van der Waals surface area contributed by atoms with E-state index < -0.39 is 5.97 Å². The van der Waals surface area contributed by atoms with Crippen LogP contribution < -0.4 is 15.5 Å². The van der Waals surface area contributed by atoms with E-state index >= 15 is 0 Å². The number of hydrogen-bond donors (Lipinski definition) is 0. The van der Waals surface area contributed by atoms with Crippen LogP contribution >= 0.6 is 0 Å². The average molecular weight is 313 g/mol. The average Bonchev–Trinajstić information content (AvgIpc) is 3.00. The molecule has 23 heavy (non-hydrogen) atoms. The van der Waals surface area contributed by atoms with E-state index in [2.05, 4.69) is 0 Å². The van der Waals surface area contributed by atoms with Crippen LogP contribution in [0.4, 0.5) is 0 Å². The van der Waals surface area contributed by atoms with E-state index in [-0.39, 0.29) is 18.0 Å². The van der Waals surface area contributed by atoms with Crippen molar-refractivity contribution >= 4 is 16.9 Å². The SMILES string of the molecule is Cc1c(C)c2ccc(OCc3ccc(C(=O)[O-])o3)cc2oc1=O. The monoisotopic (exact) mass is 313 g/mol. The van der Waals surface area contributed by atoms with Gasteiger partial charge >= 0.3 is 5.63 Å². The first-order chi connectivity index (χ1) is 11.0. The van der Waals surface area contributed by atoms with Crippen molar-refractivity contribution in [1.29, 1.82) is 0 Å². The highest BCUT2D eigenvalue weighted by Crippen LogP contribution is 2.24. The molecule has 0 atom stereocenters. The third kappa shape index (κ3) is 2.83. The van der Waals surface area contributed by atoms with Crippen molar-refractivity contribution in [3.8, 4) is 5.75 Å². The van der Waals surface area contributed by atoms with Gasteiger partial charge in [-0.25, -0.2) is 4.79 Å². The summed E-state index contributed by atoms with van der Waals surface area (Å²) in [6, 6.07) is 7.98. The van der Waals surface area contributed by atoms with Gasteiger partial charge in [0.2, 0.25) is 0 Å². The minimum absolute atomic E-state index is 0.0495. The Kier molecular flexibility index (Phi) is 3.65. The maximum atomic E-state index is 11.7. The highest BCUT2D eigenvalue weighted by molar-refractivity contribution is 5.82. The third-order valence-electron chi connectivity index (χ3n) is 3.67. The first-order valence-electron chi connectivity index (χ1n) is 6.92. The van der Waals surface area contributed by atoms with Gasteiger partial charge in [0, 0.05) is 17.0 Å². The van der Waals surface area contributed by atoms with E-state index in [0.29, 0.717) is 22.7 Å². The van der Waals surface area contributed by atoms with Gasteiger partial charge in [-0.2, -0.15) is 0 Å². The molecule has 3 rings (SSSR count). The topological polar surface area (TPSA) is 92.7 Å². The number of carbonyl (C=O) groups is 1. The fourth-order valence-corrected chi connectivity index (χ4v) is 2.24. The standard InChI is InChI=1S/C17H14O6/c1-9-10(2)17(20)23-15-7-11(3-5-13(9)15)21-8-12-4-6-14(22-12)16(18)19/h3-7H,8H2,1-2H3,(H,18,19)/p-1. The molecule has 6 nitrogen and oxygen atoms in total. The van der Waals surface area contributed by atoms with Crippen molar-refractivity contribution in [1.82, 2.24) is 0 Å². The number of aryl methyl sites for hydroxylation is 1. The van der Waals surface area contributed by atoms with Crippen LogP contribution in [0.2, 0.25) is 0 Å². The van der Waals surface area contributed by atoms with Crippen LogP contribution in [-0.2, 0) is 6.61 Å². The Morgan fingerprint density at radius 2 is 1.91 bits per heavy atom. The number of carbonyl (C=O) groups excluding carboxylic acids is 1. The summed E-state index contributed by atoms with van der Waals surface area (Å²) in [5.41, 5.74) is 1.51. The zero-order chi connectivity index (χ0) is 16.6. The smallest absolute Gasteiger partial charge is 0.339 e. The molecular formula is C17H13O6-. The minimum atomic E-state index is -1.38. The fourth-order valence-electron chi connectivity index (χ4n) is 2.24. The van der Waals surface area contributed by atoms with Gasteiger partial charge in [-0.3, -0.25) is 0 Å². The van der Waals surface area contributed by atoms with Gasteiger partial charge in [0.15, 0.2) is 0 Å². The van der Waals surface area contributed by atoms with E-state index in [1.807, 2.05) is 13.0 Å². The molecule has 6 heteroatoms. The molecule has 2 heterocycles. The second kappa shape index (κ2) is 5.64. The lowest BCUT2D eigenvalue weighted by Crippen LogP contribution is -2.21. The molecule has 0 amide bonds. The van der Waals surface area contributed by atoms with Crippen molar-refractivity contribution in [3.63, 3.8) is 0 Å². The van der Waals surface area contributed by atoms with E-state index in [9.17, 15) is 14.7 Å². The number of fused-ring (bicyclic) bond motifs is 1. The molecule has 0 saturated carbocycles. The highest BCUT2D eigenvalue weighted by Gasteiger charge is 2.09. The summed E-state index contributed by atoms with van der Waals surface area (Å²) in [5.74, 6) is -0.796. The third-order valence-corrected chi connectivity index (χ3v) is 3.67. The molecule has 0 aliphatic heterocycles. The molecule has 0 unspecified atom stereocenters. The van der Waals surface area contributed by atoms with Crippen molar-refractivity contribution in [2.75, 3.05) is 0 Å². The Bertz CT molecular complexity index is 947. The van der Waals surface area contributed by atoms with Crippen molar-refractivity contribution in [2.24, 2.45) is 0 Å². The number of carboxylic acids is 1. The molecule has 0 aliphatic rings. The Morgan fingerprint density at radius 3 is 2.61 bits per heavy atom. The zero-order valence-electron chi connectivity index (χ0n) is 12.5. The van der Waals surface area contributed by atoms with E-state index in [1.165, 1.54) is 12.1 Å². The number of carboxylic acid groups (broad SMARTS) is 1. The van der Waals surface area contributed by atoms with E-state index in [1.54, 1.807) is 19.1 Å². The molecule has 1 aromatic carbocycles. The zero-order valence-corrected chi connectivity index (χ0v) is 12.5. The van der Waals surface area contributed by atoms with Crippen LogP contribution in [0.5, 0.6) is 5.75 Å². The van der Waals surface area contributed by atoms with Crippen LogP contribution in [0.1, 0.15) is 27.4 Å². The van der Waals surface area contributed by atoms with Gasteiger partial charge in [0.1, 0.15) is 35.4 Å². The Labute approximate surface area is 130 Å². The molecular weight excluding hydrogens is 300 g/mol. The van der Waals surface area contributed by atoms with Crippen LogP contribution in [-0.4, -0.2) is 5.97 Å². The first kappa shape index (κ1) is 14.9. The fraction of sp³-hybridized carbons (Fsp3) is 0.176. The van der Waals surface area contributed by atoms with Crippen molar-refractivity contribution < 1.29 is 23.5 Å². The van der Waals surface area contributed by atoms with Crippen LogP contribution in [0.15, 0.2) is 44.0 Å². The van der Waals surface area contributed by atoms with Gasteiger partial charge in [0.25, 0.3) is 0 Å². The van der Waals surface area contributed by atoms with Crippen LogP contribution in [0.25, 0.3) is 11.0 Å². The van der Waals surface area contributed by atoms with Crippen molar-refractivity contribution in [2.45, 2.75) is 20.5 Å². The molecule has 0 saturated heterocycles. The largest absolute Gasteiger partial charge is 0.542 e. The second-order valence-electron chi connectivity index (χ2n) is 5.14. The van der Waals surface area contributed by atoms with Gasteiger partial charge in [0.05, 0.1) is 0 Å². The second-order valence-corrected chi connectivity index (χ2v) is 5.14. The number of ether oxygens (including phenoxy) is 1. The molecule has 0 N–H and O–H groups in total. The molecule has 2 aromatic heterocycles. The van der Waals surface area contributed by atoms with Crippen LogP contribution in [0, 0.1) is 13.8 Å². The molecule has 3 aromatic rings. The number of furan rings is 1. The minimum Gasteiger partial charge on any atom is -0.542 e. The molecule has 0 bridgehead atoms. The normalized spacial score (nSPS) is 10.9. The summed E-state index contributed by atoms with van der Waals surface area (Å²) in [5, 5.41) is 11.5.